The molecule has 0 saturated heterocycles. The van der Waals surface area contributed by atoms with E-state index in [1.165, 1.54) is 0 Å². The van der Waals surface area contributed by atoms with Gasteiger partial charge in [0.1, 0.15) is 5.82 Å². The number of thiophene rings is 1. The maximum absolute atomic E-state index is 4.56. The second kappa shape index (κ2) is 4.58. The van der Waals surface area contributed by atoms with Gasteiger partial charge in [0, 0.05) is 12.6 Å². The van der Waals surface area contributed by atoms with E-state index in [1.807, 2.05) is 29.2 Å². The Balaban J connectivity index is 2.14. The van der Waals surface area contributed by atoms with Crippen LogP contribution in [0.2, 0.25) is 0 Å². The van der Waals surface area contributed by atoms with E-state index in [9.17, 15) is 0 Å². The number of nitrogens with zero attached hydrogens (tertiary/aromatic N) is 3. The minimum atomic E-state index is 0.0923. The monoisotopic (exact) mass is 250 g/mol. The second-order valence-corrected chi connectivity index (χ2v) is 6.00. The molecule has 0 saturated carbocycles. The molecule has 2 aromatic rings. The highest BCUT2D eigenvalue weighted by atomic mass is 32.1. The molecule has 0 aromatic carbocycles. The van der Waals surface area contributed by atoms with Crippen molar-refractivity contribution in [2.75, 3.05) is 0 Å². The zero-order valence-electron chi connectivity index (χ0n) is 10.7. The minimum absolute atomic E-state index is 0.0923. The topological polar surface area (TPSA) is 42.7 Å². The summed E-state index contributed by atoms with van der Waals surface area (Å²) < 4.78 is 1.84. The van der Waals surface area contributed by atoms with E-state index >= 15 is 0 Å². The van der Waals surface area contributed by atoms with Crippen molar-refractivity contribution in [2.24, 2.45) is 7.05 Å². The van der Waals surface area contributed by atoms with Crippen LogP contribution in [0, 0.1) is 0 Å². The molecule has 0 atom stereocenters. The van der Waals surface area contributed by atoms with E-state index in [0.717, 1.165) is 23.1 Å². The molecule has 0 aliphatic heterocycles. The second-order valence-electron chi connectivity index (χ2n) is 5.06. The van der Waals surface area contributed by atoms with Crippen LogP contribution in [0.4, 0.5) is 0 Å². The van der Waals surface area contributed by atoms with Crippen LogP contribution in [-0.2, 0) is 13.6 Å². The average molecular weight is 250 g/mol. The first kappa shape index (κ1) is 12.3. The standard InChI is InChI=1S/C12H18N4S/c1-12(2,3)13-8-10-14-11(15-16(10)4)9-6-5-7-17-9/h5-7,13H,8H2,1-4H3. The molecule has 2 aromatic heterocycles. The quantitative estimate of drug-likeness (QED) is 0.909. The van der Waals surface area contributed by atoms with Crippen LogP contribution in [0.25, 0.3) is 10.7 Å². The van der Waals surface area contributed by atoms with Gasteiger partial charge in [-0.05, 0) is 32.2 Å². The van der Waals surface area contributed by atoms with Crippen LogP contribution in [-0.4, -0.2) is 20.3 Å². The molecule has 0 fully saturated rings. The van der Waals surface area contributed by atoms with Crippen molar-refractivity contribution in [3.63, 3.8) is 0 Å². The van der Waals surface area contributed by atoms with Crippen molar-refractivity contribution < 1.29 is 0 Å². The molecule has 5 heteroatoms. The molecule has 0 spiro atoms. The Morgan fingerprint density at radius 1 is 1.41 bits per heavy atom. The van der Waals surface area contributed by atoms with E-state index in [4.69, 9.17) is 0 Å². The first-order chi connectivity index (χ1) is 7.96. The fourth-order valence-electron chi connectivity index (χ4n) is 1.43. The Hall–Kier alpha value is -1.20. The SMILES string of the molecule is Cn1nc(-c2cccs2)nc1CNC(C)(C)C. The van der Waals surface area contributed by atoms with Gasteiger partial charge in [0.05, 0.1) is 11.4 Å². The van der Waals surface area contributed by atoms with Crippen LogP contribution < -0.4 is 5.32 Å². The largest absolute Gasteiger partial charge is 0.305 e. The van der Waals surface area contributed by atoms with Crippen LogP contribution in [0.15, 0.2) is 17.5 Å². The molecule has 0 unspecified atom stereocenters. The van der Waals surface area contributed by atoms with Gasteiger partial charge in [0.2, 0.25) is 0 Å². The molecular formula is C12H18N4S. The van der Waals surface area contributed by atoms with Crippen LogP contribution in [0.5, 0.6) is 0 Å². The van der Waals surface area contributed by atoms with Crippen molar-refractivity contribution in [1.82, 2.24) is 20.1 Å². The van der Waals surface area contributed by atoms with Gasteiger partial charge in [0.15, 0.2) is 5.82 Å². The predicted octanol–water partition coefficient (Wildman–Crippen LogP) is 2.43. The minimum Gasteiger partial charge on any atom is -0.305 e. The first-order valence-corrected chi connectivity index (χ1v) is 6.52. The number of nitrogens with one attached hydrogen (secondary N) is 1. The van der Waals surface area contributed by atoms with Crippen LogP contribution in [0.3, 0.4) is 0 Å². The molecule has 2 heterocycles. The zero-order chi connectivity index (χ0) is 12.5. The zero-order valence-corrected chi connectivity index (χ0v) is 11.5. The Kier molecular flexibility index (Phi) is 3.31. The summed E-state index contributed by atoms with van der Waals surface area (Å²) >= 11 is 1.66. The first-order valence-electron chi connectivity index (χ1n) is 5.64. The third-order valence-electron chi connectivity index (χ3n) is 2.37. The lowest BCUT2D eigenvalue weighted by atomic mass is 10.1. The van der Waals surface area contributed by atoms with Gasteiger partial charge in [0.25, 0.3) is 0 Å². The molecule has 1 N–H and O–H groups in total. The van der Waals surface area contributed by atoms with Gasteiger partial charge >= 0.3 is 0 Å². The molecule has 4 nitrogen and oxygen atoms in total. The van der Waals surface area contributed by atoms with Gasteiger partial charge in [-0.25, -0.2) is 4.98 Å². The summed E-state index contributed by atoms with van der Waals surface area (Å²) in [5.74, 6) is 1.77. The van der Waals surface area contributed by atoms with E-state index in [-0.39, 0.29) is 5.54 Å². The molecule has 0 aliphatic carbocycles. The van der Waals surface area contributed by atoms with Gasteiger partial charge in [-0.3, -0.25) is 4.68 Å². The Morgan fingerprint density at radius 3 is 2.76 bits per heavy atom. The lowest BCUT2D eigenvalue weighted by Gasteiger charge is -2.19. The van der Waals surface area contributed by atoms with E-state index in [2.05, 4.69) is 36.2 Å². The Labute approximate surface area is 106 Å². The number of hydrogen-bond donors (Lipinski definition) is 1. The van der Waals surface area contributed by atoms with Gasteiger partial charge in [-0.2, -0.15) is 5.10 Å². The van der Waals surface area contributed by atoms with Crippen molar-refractivity contribution in [1.29, 1.82) is 0 Å². The lowest BCUT2D eigenvalue weighted by Crippen LogP contribution is -2.35. The third-order valence-corrected chi connectivity index (χ3v) is 3.24. The van der Waals surface area contributed by atoms with Gasteiger partial charge in [-0.15, -0.1) is 11.3 Å². The number of rotatable bonds is 3. The smallest absolute Gasteiger partial charge is 0.191 e. The van der Waals surface area contributed by atoms with Crippen LogP contribution in [0.1, 0.15) is 26.6 Å². The number of aryl methyl sites for hydroxylation is 1. The molecule has 0 bridgehead atoms. The van der Waals surface area contributed by atoms with Crippen molar-refractivity contribution in [3.8, 4) is 10.7 Å². The molecular weight excluding hydrogens is 232 g/mol. The predicted molar refractivity (Wildman–Crippen MR) is 70.9 cm³/mol. The summed E-state index contributed by atoms with van der Waals surface area (Å²) in [6.07, 6.45) is 0. The third kappa shape index (κ3) is 3.14. The number of hydrogen-bond acceptors (Lipinski definition) is 4. The van der Waals surface area contributed by atoms with E-state index in [1.54, 1.807) is 11.3 Å². The highest BCUT2D eigenvalue weighted by molar-refractivity contribution is 7.13. The molecule has 2 rings (SSSR count). The summed E-state index contributed by atoms with van der Waals surface area (Å²) in [6, 6.07) is 4.06. The maximum atomic E-state index is 4.56. The van der Waals surface area contributed by atoms with Gasteiger partial charge < -0.3 is 5.32 Å². The summed E-state index contributed by atoms with van der Waals surface area (Å²) in [4.78, 5) is 5.67. The highest BCUT2D eigenvalue weighted by Gasteiger charge is 2.13. The lowest BCUT2D eigenvalue weighted by molar-refractivity contribution is 0.412. The molecule has 17 heavy (non-hydrogen) atoms. The van der Waals surface area contributed by atoms with E-state index in [0.29, 0.717) is 0 Å². The highest BCUT2D eigenvalue weighted by Crippen LogP contribution is 2.21. The normalized spacial score (nSPS) is 12.0. The summed E-state index contributed by atoms with van der Waals surface area (Å²) in [6.45, 7) is 7.16. The summed E-state index contributed by atoms with van der Waals surface area (Å²) in [7, 11) is 1.93. The fraction of sp³-hybridized carbons (Fsp3) is 0.500. The fourth-order valence-corrected chi connectivity index (χ4v) is 2.08. The molecule has 0 radical (unpaired) electrons. The molecule has 0 aliphatic rings. The van der Waals surface area contributed by atoms with Crippen molar-refractivity contribution in [2.45, 2.75) is 32.9 Å². The maximum Gasteiger partial charge on any atom is 0.191 e. The summed E-state index contributed by atoms with van der Waals surface area (Å²) in [5, 5.41) is 9.89. The summed E-state index contributed by atoms with van der Waals surface area (Å²) in [5.41, 5.74) is 0.0923. The average Bonchev–Trinajstić information content (AvgIpc) is 2.82. The van der Waals surface area contributed by atoms with Crippen LogP contribution >= 0.6 is 11.3 Å². The Bertz CT molecular complexity index is 479. The van der Waals surface area contributed by atoms with Gasteiger partial charge in [-0.1, -0.05) is 6.07 Å². The number of aromatic nitrogens is 3. The van der Waals surface area contributed by atoms with Crippen molar-refractivity contribution in [3.05, 3.63) is 23.3 Å². The van der Waals surface area contributed by atoms with Crippen molar-refractivity contribution >= 4 is 11.3 Å². The Morgan fingerprint density at radius 2 is 2.18 bits per heavy atom. The molecule has 0 amide bonds. The molecule has 92 valence electrons. The van der Waals surface area contributed by atoms with E-state index < -0.39 is 0 Å².